The standard InChI is InChI=1S/C23H19ClFN7O2S/c1-35(34)17-10-26-20-18(17)22(28-12-27-20)30-11-13(25)9-16(30)21-29-31-8-7-15(24)19(31)23(33)32(21)14-5-3-2-4-6-14/h2-8,10,12-13,16H,9,11H2,1H3,(H,26,27,28)/t13-,16-,35?/m0/s1. The molecule has 0 aliphatic carbocycles. The van der Waals surface area contributed by atoms with Crippen LogP contribution < -0.4 is 10.5 Å². The molecule has 1 aromatic carbocycles. The molecule has 0 bridgehead atoms. The highest BCUT2D eigenvalue weighted by Crippen LogP contribution is 2.40. The van der Waals surface area contributed by atoms with Gasteiger partial charge in [-0.3, -0.25) is 13.6 Å². The van der Waals surface area contributed by atoms with Crippen molar-refractivity contribution in [2.75, 3.05) is 17.7 Å². The van der Waals surface area contributed by atoms with Crippen molar-refractivity contribution in [2.24, 2.45) is 0 Å². The number of anilines is 1. The van der Waals surface area contributed by atoms with Gasteiger partial charge < -0.3 is 9.88 Å². The molecule has 0 radical (unpaired) electrons. The van der Waals surface area contributed by atoms with Gasteiger partial charge in [-0.1, -0.05) is 29.8 Å². The maximum atomic E-state index is 15.0. The number of aromatic amines is 1. The first kappa shape index (κ1) is 21.9. The van der Waals surface area contributed by atoms with Gasteiger partial charge >= 0.3 is 0 Å². The lowest BCUT2D eigenvalue weighted by Crippen LogP contribution is -2.33. The van der Waals surface area contributed by atoms with E-state index in [0.717, 1.165) is 0 Å². The summed E-state index contributed by atoms with van der Waals surface area (Å²) < 4.78 is 30.4. The Labute approximate surface area is 205 Å². The van der Waals surface area contributed by atoms with E-state index in [0.29, 0.717) is 33.3 Å². The predicted molar refractivity (Wildman–Crippen MR) is 132 cm³/mol. The number of benzene rings is 1. The maximum Gasteiger partial charge on any atom is 0.284 e. The normalized spacial score (nSPS) is 19.1. The Morgan fingerprint density at radius 1 is 1.20 bits per heavy atom. The smallest absolute Gasteiger partial charge is 0.284 e. The zero-order valence-corrected chi connectivity index (χ0v) is 20.0. The molecule has 3 atom stereocenters. The fourth-order valence-corrected chi connectivity index (χ4v) is 5.64. The molecule has 0 amide bonds. The topological polar surface area (TPSA) is 101 Å². The summed E-state index contributed by atoms with van der Waals surface area (Å²) in [6, 6.07) is 10.0. The van der Waals surface area contributed by atoms with Crippen LogP contribution in [0.25, 0.3) is 22.2 Å². The van der Waals surface area contributed by atoms with Gasteiger partial charge in [0.2, 0.25) is 0 Å². The molecule has 5 heterocycles. The second-order valence-electron chi connectivity index (χ2n) is 8.32. The van der Waals surface area contributed by atoms with Crippen LogP contribution in [0, 0.1) is 0 Å². The number of nitrogens with one attached hydrogen (secondary N) is 1. The van der Waals surface area contributed by atoms with Gasteiger partial charge in [0.25, 0.3) is 5.56 Å². The lowest BCUT2D eigenvalue weighted by atomic mass is 10.1. The summed E-state index contributed by atoms with van der Waals surface area (Å²) >= 11 is 6.30. The molecule has 35 heavy (non-hydrogen) atoms. The molecule has 1 aliphatic heterocycles. The molecule has 9 nitrogen and oxygen atoms in total. The quantitative estimate of drug-likeness (QED) is 0.396. The number of hydrogen-bond acceptors (Lipinski definition) is 6. The van der Waals surface area contributed by atoms with Crippen molar-refractivity contribution in [1.29, 1.82) is 0 Å². The first-order valence-corrected chi connectivity index (χ1v) is 12.8. The molecule has 0 saturated carbocycles. The minimum Gasteiger partial charge on any atom is -0.345 e. The Balaban J connectivity index is 1.62. The monoisotopic (exact) mass is 511 g/mol. The SMILES string of the molecule is CS(=O)c1c[nH]c2ncnc(N3C[C@@H](F)C[C@H]3c3nn4ccc(Cl)c4c(=O)n3-c3ccccc3)c12. The third kappa shape index (κ3) is 3.45. The summed E-state index contributed by atoms with van der Waals surface area (Å²) in [5.74, 6) is 0.786. The van der Waals surface area contributed by atoms with Crippen LogP contribution in [-0.4, -0.2) is 52.3 Å². The number of H-pyrrole nitrogens is 1. The van der Waals surface area contributed by atoms with Crippen molar-refractivity contribution in [3.8, 4) is 5.69 Å². The molecule has 1 N–H and O–H groups in total. The van der Waals surface area contributed by atoms with Crippen LogP contribution >= 0.6 is 11.6 Å². The van der Waals surface area contributed by atoms with Crippen LogP contribution in [0.3, 0.4) is 0 Å². The van der Waals surface area contributed by atoms with Crippen LogP contribution in [0.15, 0.2) is 64.8 Å². The van der Waals surface area contributed by atoms with Crippen molar-refractivity contribution in [2.45, 2.75) is 23.5 Å². The van der Waals surface area contributed by atoms with Gasteiger partial charge in [0.15, 0.2) is 5.82 Å². The zero-order chi connectivity index (χ0) is 24.3. The molecule has 5 aromatic rings. The van der Waals surface area contributed by atoms with Gasteiger partial charge in [-0.2, -0.15) is 5.10 Å². The Kier molecular flexibility index (Phi) is 5.19. The number of fused-ring (bicyclic) bond motifs is 2. The summed E-state index contributed by atoms with van der Waals surface area (Å²) in [5.41, 5.74) is 0.969. The fourth-order valence-electron chi connectivity index (χ4n) is 4.72. The lowest BCUT2D eigenvalue weighted by molar-refractivity contribution is 0.354. The molecule has 1 unspecified atom stereocenters. The fraction of sp³-hybridized carbons (Fsp3) is 0.217. The predicted octanol–water partition coefficient (Wildman–Crippen LogP) is 3.44. The summed E-state index contributed by atoms with van der Waals surface area (Å²) in [6.07, 6.45) is 5.09. The Bertz CT molecular complexity index is 1670. The highest BCUT2D eigenvalue weighted by Gasteiger charge is 2.39. The third-order valence-electron chi connectivity index (χ3n) is 6.22. The second kappa shape index (κ2) is 8.28. The van der Waals surface area contributed by atoms with E-state index in [9.17, 15) is 9.00 Å². The largest absolute Gasteiger partial charge is 0.345 e. The molecule has 6 rings (SSSR count). The minimum atomic E-state index is -1.32. The lowest BCUT2D eigenvalue weighted by Gasteiger charge is -2.27. The van der Waals surface area contributed by atoms with Crippen LogP contribution in [0.2, 0.25) is 5.02 Å². The van der Waals surface area contributed by atoms with Crippen molar-refractivity contribution >= 4 is 44.8 Å². The summed E-state index contributed by atoms with van der Waals surface area (Å²) in [7, 11) is -1.32. The number of hydrogen-bond donors (Lipinski definition) is 1. The summed E-state index contributed by atoms with van der Waals surface area (Å²) in [5, 5.41) is 5.57. The Morgan fingerprint density at radius 2 is 2.00 bits per heavy atom. The average Bonchev–Trinajstić information content (AvgIpc) is 3.56. The van der Waals surface area contributed by atoms with Crippen LogP contribution in [0.4, 0.5) is 10.2 Å². The molecule has 4 aromatic heterocycles. The van der Waals surface area contributed by atoms with E-state index in [1.54, 1.807) is 41.7 Å². The molecule has 1 saturated heterocycles. The van der Waals surface area contributed by atoms with Gasteiger partial charge in [-0.15, -0.1) is 0 Å². The van der Waals surface area contributed by atoms with Gasteiger partial charge in [0, 0.05) is 25.1 Å². The van der Waals surface area contributed by atoms with E-state index >= 15 is 4.39 Å². The molecule has 12 heteroatoms. The summed E-state index contributed by atoms with van der Waals surface area (Å²) in [6.45, 7) is 0.0346. The molecule has 0 spiro atoms. The molecular formula is C23H19ClFN7O2S. The van der Waals surface area contributed by atoms with E-state index in [1.807, 2.05) is 18.2 Å². The van der Waals surface area contributed by atoms with E-state index in [-0.39, 0.29) is 29.1 Å². The Hall–Kier alpha value is -3.57. The van der Waals surface area contributed by atoms with Crippen molar-refractivity contribution < 1.29 is 8.60 Å². The average molecular weight is 512 g/mol. The number of rotatable bonds is 4. The second-order valence-corrected chi connectivity index (χ2v) is 10.1. The molecular weight excluding hydrogens is 493 g/mol. The number of nitrogens with zero attached hydrogens (tertiary/aromatic N) is 6. The van der Waals surface area contributed by atoms with Gasteiger partial charge in [-0.05, 0) is 18.2 Å². The maximum absolute atomic E-state index is 15.0. The Morgan fingerprint density at radius 3 is 2.77 bits per heavy atom. The van der Waals surface area contributed by atoms with Crippen LogP contribution in [0.1, 0.15) is 18.3 Å². The van der Waals surface area contributed by atoms with Gasteiger partial charge in [0.05, 0.1) is 44.4 Å². The first-order valence-electron chi connectivity index (χ1n) is 10.9. The number of alkyl halides is 1. The highest BCUT2D eigenvalue weighted by atomic mass is 35.5. The van der Waals surface area contributed by atoms with Crippen molar-refractivity contribution in [3.05, 3.63) is 76.3 Å². The number of para-hydroxylation sites is 1. The van der Waals surface area contributed by atoms with Crippen LogP contribution in [0.5, 0.6) is 0 Å². The van der Waals surface area contributed by atoms with E-state index < -0.39 is 23.0 Å². The van der Waals surface area contributed by atoms with Gasteiger partial charge in [-0.25, -0.2) is 18.9 Å². The van der Waals surface area contributed by atoms with Crippen LogP contribution in [-0.2, 0) is 10.8 Å². The van der Waals surface area contributed by atoms with E-state index in [4.69, 9.17) is 16.7 Å². The van der Waals surface area contributed by atoms with Crippen molar-refractivity contribution in [3.63, 3.8) is 0 Å². The number of halogens is 2. The first-order chi connectivity index (χ1) is 16.9. The number of aromatic nitrogens is 6. The van der Waals surface area contributed by atoms with Crippen molar-refractivity contribution in [1.82, 2.24) is 29.1 Å². The minimum absolute atomic E-state index is 0.0346. The van der Waals surface area contributed by atoms with E-state index in [2.05, 4.69) is 15.0 Å². The van der Waals surface area contributed by atoms with E-state index in [1.165, 1.54) is 15.4 Å². The zero-order valence-electron chi connectivity index (χ0n) is 18.4. The molecule has 1 fully saturated rings. The summed E-state index contributed by atoms with van der Waals surface area (Å²) in [4.78, 5) is 27.7. The van der Waals surface area contributed by atoms with Gasteiger partial charge in [0.1, 0.15) is 29.5 Å². The highest BCUT2D eigenvalue weighted by molar-refractivity contribution is 7.84. The third-order valence-corrected chi connectivity index (χ3v) is 7.47. The molecule has 1 aliphatic rings. The molecule has 178 valence electrons.